The minimum absolute atomic E-state index is 0.000688. The molecular weight excluding hydrogens is 473 g/mol. The van der Waals surface area contributed by atoms with Crippen molar-refractivity contribution < 1.29 is 37.4 Å². The maximum atomic E-state index is 17.2. The van der Waals surface area contributed by atoms with Crippen LogP contribution in [-0.2, 0) is 19.1 Å². The molecule has 4 rings (SSSR count). The molecule has 0 amide bonds. The van der Waals surface area contributed by atoms with Crippen molar-refractivity contribution in [2.24, 2.45) is 28.6 Å². The molecule has 0 aromatic heterocycles. The maximum absolute atomic E-state index is 17.2. The van der Waals surface area contributed by atoms with Gasteiger partial charge in [-0.2, -0.15) is 0 Å². The molecular formula is C25H30ClF3O5. The largest absolute Gasteiger partial charge is 0.450 e. The molecule has 0 aromatic carbocycles. The molecule has 9 heteroatoms. The highest BCUT2D eigenvalue weighted by molar-refractivity contribution is 6.29. The van der Waals surface area contributed by atoms with E-state index in [2.05, 4.69) is 0 Å². The molecule has 0 radical (unpaired) electrons. The summed E-state index contributed by atoms with van der Waals surface area (Å²) in [5.41, 5.74) is -7.90. The number of aliphatic hydroxyl groups excluding tert-OH is 1. The normalized spacial score (nSPS) is 47.7. The molecule has 3 saturated carbocycles. The summed E-state index contributed by atoms with van der Waals surface area (Å²) in [6, 6.07) is 0. The molecule has 0 bridgehead atoms. The third-order valence-electron chi connectivity index (χ3n) is 9.35. The second-order valence-electron chi connectivity index (χ2n) is 10.7. The SMILES string of the molecule is CCC(=O)O[C@]1(C(=O)CCl)[C@@H](C)C[C@H]2[C@@H]3C[C@H](F)C4=C(F)C(=O)C=C[C@]4(C)[C@@]3(F)[C@@H](O)C[C@@]21C. The van der Waals surface area contributed by atoms with Crippen LogP contribution in [0.1, 0.15) is 53.4 Å². The molecule has 0 aromatic rings. The number of aliphatic hydroxyl groups is 1. The van der Waals surface area contributed by atoms with E-state index in [0.29, 0.717) is 0 Å². The number of ether oxygens (including phenoxy) is 1. The number of carbonyl (C=O) groups is 3. The maximum Gasteiger partial charge on any atom is 0.306 e. The second-order valence-corrected chi connectivity index (χ2v) is 11.0. The van der Waals surface area contributed by atoms with Crippen molar-refractivity contribution in [3.8, 4) is 0 Å². The molecule has 0 spiro atoms. The Hall–Kier alpha value is -1.67. The average molecular weight is 503 g/mol. The van der Waals surface area contributed by atoms with Crippen molar-refractivity contribution in [1.29, 1.82) is 0 Å². The molecule has 3 fully saturated rings. The van der Waals surface area contributed by atoms with Gasteiger partial charge in [-0.1, -0.05) is 26.8 Å². The third-order valence-corrected chi connectivity index (χ3v) is 9.59. The lowest BCUT2D eigenvalue weighted by Gasteiger charge is -2.63. The minimum atomic E-state index is -2.50. The van der Waals surface area contributed by atoms with Crippen LogP contribution in [0.15, 0.2) is 23.6 Å². The Morgan fingerprint density at radius 3 is 2.50 bits per heavy atom. The number of alkyl halides is 3. The summed E-state index contributed by atoms with van der Waals surface area (Å²) in [6.07, 6.45) is -2.17. The summed E-state index contributed by atoms with van der Waals surface area (Å²) in [6.45, 7) is 6.27. The van der Waals surface area contributed by atoms with Gasteiger partial charge >= 0.3 is 5.97 Å². The van der Waals surface area contributed by atoms with Gasteiger partial charge in [0.15, 0.2) is 22.9 Å². The van der Waals surface area contributed by atoms with Crippen molar-refractivity contribution in [3.05, 3.63) is 23.6 Å². The van der Waals surface area contributed by atoms with Crippen LogP contribution in [0.4, 0.5) is 13.2 Å². The Balaban J connectivity index is 1.90. The van der Waals surface area contributed by atoms with E-state index in [9.17, 15) is 23.9 Å². The molecule has 0 heterocycles. The average Bonchev–Trinajstić information content (AvgIpc) is 3.00. The van der Waals surface area contributed by atoms with Crippen molar-refractivity contribution in [2.45, 2.75) is 76.9 Å². The van der Waals surface area contributed by atoms with Gasteiger partial charge in [0.05, 0.1) is 12.0 Å². The first-order valence-corrected chi connectivity index (χ1v) is 12.3. The highest BCUT2D eigenvalue weighted by atomic mass is 35.5. The van der Waals surface area contributed by atoms with Crippen LogP contribution in [0.2, 0.25) is 0 Å². The molecule has 9 atom stereocenters. The number of ketones is 2. The summed E-state index contributed by atoms with van der Waals surface area (Å²) in [5.74, 6) is -6.32. The Bertz CT molecular complexity index is 1010. The van der Waals surface area contributed by atoms with Crippen LogP contribution < -0.4 is 0 Å². The monoisotopic (exact) mass is 502 g/mol. The lowest BCUT2D eigenvalue weighted by Crippen LogP contribution is -2.71. The number of esters is 1. The minimum Gasteiger partial charge on any atom is -0.450 e. The van der Waals surface area contributed by atoms with Crippen LogP contribution in [0.5, 0.6) is 0 Å². The topological polar surface area (TPSA) is 80.7 Å². The van der Waals surface area contributed by atoms with E-state index in [1.807, 2.05) is 0 Å². The number of rotatable bonds is 4. The molecule has 1 N–H and O–H groups in total. The molecule has 0 aliphatic heterocycles. The van der Waals surface area contributed by atoms with E-state index in [1.165, 1.54) is 6.92 Å². The van der Waals surface area contributed by atoms with Crippen LogP contribution >= 0.6 is 11.6 Å². The first kappa shape index (κ1) is 25.4. The molecule has 4 aliphatic rings. The first-order valence-electron chi connectivity index (χ1n) is 11.7. The van der Waals surface area contributed by atoms with E-state index < -0.39 is 93.4 Å². The van der Waals surface area contributed by atoms with E-state index in [-0.39, 0.29) is 19.3 Å². The van der Waals surface area contributed by atoms with E-state index >= 15 is 8.78 Å². The summed E-state index contributed by atoms with van der Waals surface area (Å²) >= 11 is 5.95. The van der Waals surface area contributed by atoms with E-state index in [0.717, 1.165) is 12.2 Å². The van der Waals surface area contributed by atoms with E-state index in [4.69, 9.17) is 16.3 Å². The Morgan fingerprint density at radius 2 is 1.91 bits per heavy atom. The molecule has 4 aliphatic carbocycles. The van der Waals surface area contributed by atoms with Crippen molar-refractivity contribution in [2.75, 3.05) is 5.88 Å². The van der Waals surface area contributed by atoms with Gasteiger partial charge in [-0.3, -0.25) is 14.4 Å². The Labute approximate surface area is 201 Å². The van der Waals surface area contributed by atoms with Crippen LogP contribution in [0.3, 0.4) is 0 Å². The Morgan fingerprint density at radius 1 is 1.26 bits per heavy atom. The van der Waals surface area contributed by atoms with Gasteiger partial charge in [0.25, 0.3) is 0 Å². The van der Waals surface area contributed by atoms with Gasteiger partial charge in [0.1, 0.15) is 6.17 Å². The highest BCUT2D eigenvalue weighted by Gasteiger charge is 2.78. The highest BCUT2D eigenvalue weighted by Crippen LogP contribution is 2.72. The van der Waals surface area contributed by atoms with Crippen molar-refractivity contribution >= 4 is 29.1 Å². The molecule has 0 unspecified atom stereocenters. The summed E-state index contributed by atoms with van der Waals surface area (Å²) in [4.78, 5) is 37.6. The van der Waals surface area contributed by atoms with Crippen LogP contribution in [0, 0.1) is 28.6 Å². The number of hydrogen-bond acceptors (Lipinski definition) is 5. The number of carbonyl (C=O) groups excluding carboxylic acids is 3. The smallest absolute Gasteiger partial charge is 0.306 e. The van der Waals surface area contributed by atoms with Gasteiger partial charge in [-0.05, 0) is 38.2 Å². The van der Waals surface area contributed by atoms with Crippen molar-refractivity contribution in [3.63, 3.8) is 0 Å². The number of halogens is 4. The fourth-order valence-electron chi connectivity index (χ4n) is 7.84. The van der Waals surface area contributed by atoms with Gasteiger partial charge in [-0.25, -0.2) is 13.2 Å². The fourth-order valence-corrected chi connectivity index (χ4v) is 8.03. The van der Waals surface area contributed by atoms with E-state index in [1.54, 1.807) is 20.8 Å². The van der Waals surface area contributed by atoms with Gasteiger partial charge in [0.2, 0.25) is 5.78 Å². The first-order chi connectivity index (χ1) is 15.8. The molecule has 5 nitrogen and oxygen atoms in total. The van der Waals surface area contributed by atoms with Crippen LogP contribution in [-0.4, -0.2) is 52.1 Å². The third kappa shape index (κ3) is 2.81. The van der Waals surface area contributed by atoms with Gasteiger partial charge < -0.3 is 9.84 Å². The van der Waals surface area contributed by atoms with Gasteiger partial charge in [0, 0.05) is 34.7 Å². The molecule has 188 valence electrons. The lowest BCUT2D eigenvalue weighted by atomic mass is 9.44. The number of fused-ring (bicyclic) bond motifs is 5. The quantitative estimate of drug-likeness (QED) is 0.456. The predicted octanol–water partition coefficient (Wildman–Crippen LogP) is 4.35. The summed E-state index contributed by atoms with van der Waals surface area (Å²) < 4.78 is 53.3. The summed E-state index contributed by atoms with van der Waals surface area (Å²) in [7, 11) is 0. The second kappa shape index (κ2) is 7.92. The fraction of sp³-hybridized carbons (Fsp3) is 0.720. The molecule has 34 heavy (non-hydrogen) atoms. The zero-order valence-electron chi connectivity index (χ0n) is 19.7. The lowest BCUT2D eigenvalue weighted by molar-refractivity contribution is -0.230. The Kier molecular flexibility index (Phi) is 5.92. The number of Topliss-reactive ketones (excluding diaryl/α,β-unsaturated/α-hetero) is 1. The predicted molar refractivity (Wildman–Crippen MR) is 118 cm³/mol. The number of hydrogen-bond donors (Lipinski definition) is 1. The van der Waals surface area contributed by atoms with Crippen molar-refractivity contribution in [1.82, 2.24) is 0 Å². The van der Waals surface area contributed by atoms with Crippen LogP contribution in [0.25, 0.3) is 0 Å². The van der Waals surface area contributed by atoms with Gasteiger partial charge in [-0.15, -0.1) is 11.6 Å². The summed E-state index contributed by atoms with van der Waals surface area (Å²) in [5, 5.41) is 11.3. The standard InChI is InChI=1S/C25H30ClF3O5/c1-5-19(33)34-25(18(32)11-26)12(2)8-13-14-9-15(27)20-21(28)16(30)6-7-22(20,3)24(14,29)17(31)10-23(13,25)4/h6-7,12-15,17,31H,5,8-11H2,1-4H3/t12-,13-,14-,15-,17-,22-,23-,24-,25-/m0/s1. The zero-order chi connectivity index (χ0) is 25.4. The number of allylic oxidation sites excluding steroid dienone is 4. The zero-order valence-corrected chi connectivity index (χ0v) is 20.4. The molecule has 0 saturated heterocycles.